The SMILES string of the molecule is c1ccc(-c2nc(-c3ccc(-c4ccc5sc6ccccc6c5c4)cc3)cc(-c3cccc4c3-c3ccccc3C4(c3ccccc3)c3ccccc3)n2)cc1. The van der Waals surface area contributed by atoms with Gasteiger partial charge >= 0.3 is 0 Å². The first-order chi connectivity index (χ1) is 27.8. The number of fused-ring (bicyclic) bond motifs is 6. The third-order valence-corrected chi connectivity index (χ3v) is 12.6. The molecule has 0 fully saturated rings. The fourth-order valence-electron chi connectivity index (χ4n) is 8.90. The Balaban J connectivity index is 1.09. The molecule has 0 aliphatic heterocycles. The van der Waals surface area contributed by atoms with Crippen molar-refractivity contribution in [3.63, 3.8) is 0 Å². The second-order valence-corrected chi connectivity index (χ2v) is 15.6. The topological polar surface area (TPSA) is 25.8 Å². The quantitative estimate of drug-likeness (QED) is 0.170. The second-order valence-electron chi connectivity index (χ2n) is 14.5. The molecular formula is C53H34N2S. The Hall–Kier alpha value is -6.94. The van der Waals surface area contributed by atoms with Gasteiger partial charge in [0.25, 0.3) is 0 Å². The highest BCUT2D eigenvalue weighted by molar-refractivity contribution is 7.25. The summed E-state index contributed by atoms with van der Waals surface area (Å²) >= 11 is 1.85. The molecule has 0 N–H and O–H groups in total. The van der Waals surface area contributed by atoms with E-state index in [1.807, 2.05) is 17.4 Å². The number of benzene rings is 8. The zero-order valence-corrected chi connectivity index (χ0v) is 31.2. The standard InChI is InChI=1S/C53H34N2S/c1-4-15-37(16-5-1)52-54-47(36-29-27-35(28-30-36)38-31-32-50-44(33-38)41-21-11-13-26-49(41)56-50)34-48(55-52)43-23-14-25-46-51(43)42-22-10-12-24-45(42)53(46,39-17-6-2-7-18-39)40-19-8-3-9-20-40/h1-34H. The molecule has 11 rings (SSSR count). The summed E-state index contributed by atoms with van der Waals surface area (Å²) < 4.78 is 2.63. The van der Waals surface area contributed by atoms with E-state index in [2.05, 4.69) is 200 Å². The molecule has 1 aliphatic carbocycles. The Labute approximate surface area is 330 Å². The van der Waals surface area contributed by atoms with Crippen LogP contribution < -0.4 is 0 Å². The number of thiophene rings is 1. The van der Waals surface area contributed by atoms with Crippen molar-refractivity contribution in [3.8, 4) is 56.2 Å². The highest BCUT2D eigenvalue weighted by Crippen LogP contribution is 2.58. The summed E-state index contributed by atoms with van der Waals surface area (Å²) in [5.41, 5.74) is 14.3. The lowest BCUT2D eigenvalue weighted by Crippen LogP contribution is -2.28. The van der Waals surface area contributed by atoms with E-state index >= 15 is 0 Å². The molecule has 8 aromatic carbocycles. The lowest BCUT2D eigenvalue weighted by molar-refractivity contribution is 0.768. The minimum Gasteiger partial charge on any atom is -0.228 e. The van der Waals surface area contributed by atoms with Gasteiger partial charge in [0.15, 0.2) is 5.82 Å². The fraction of sp³-hybridized carbons (Fsp3) is 0.0189. The third kappa shape index (κ3) is 5.09. The molecule has 2 aromatic heterocycles. The average Bonchev–Trinajstić information content (AvgIpc) is 3.81. The zero-order valence-electron chi connectivity index (χ0n) is 30.4. The molecule has 2 nitrogen and oxygen atoms in total. The smallest absolute Gasteiger partial charge is 0.160 e. The Morgan fingerprint density at radius 1 is 0.357 bits per heavy atom. The number of aromatic nitrogens is 2. The fourth-order valence-corrected chi connectivity index (χ4v) is 9.98. The van der Waals surface area contributed by atoms with Gasteiger partial charge in [-0.25, -0.2) is 9.97 Å². The highest BCUT2D eigenvalue weighted by Gasteiger charge is 2.46. The molecule has 0 unspecified atom stereocenters. The largest absolute Gasteiger partial charge is 0.228 e. The van der Waals surface area contributed by atoms with E-state index in [4.69, 9.17) is 9.97 Å². The molecule has 3 heteroatoms. The van der Waals surface area contributed by atoms with E-state index in [0.717, 1.165) is 28.1 Å². The van der Waals surface area contributed by atoms with E-state index in [0.29, 0.717) is 5.82 Å². The maximum Gasteiger partial charge on any atom is 0.160 e. The highest BCUT2D eigenvalue weighted by atomic mass is 32.1. The Morgan fingerprint density at radius 2 is 0.929 bits per heavy atom. The van der Waals surface area contributed by atoms with Crippen LogP contribution in [-0.2, 0) is 5.41 Å². The normalized spacial score (nSPS) is 12.8. The predicted octanol–water partition coefficient (Wildman–Crippen LogP) is 13.9. The lowest BCUT2D eigenvalue weighted by Gasteiger charge is -2.33. The zero-order chi connectivity index (χ0) is 37.1. The molecule has 0 saturated carbocycles. The minimum atomic E-state index is -0.489. The van der Waals surface area contributed by atoms with E-state index in [9.17, 15) is 0 Å². The van der Waals surface area contributed by atoms with Gasteiger partial charge in [-0.05, 0) is 68.8 Å². The van der Waals surface area contributed by atoms with Gasteiger partial charge in [-0.2, -0.15) is 0 Å². The van der Waals surface area contributed by atoms with Gasteiger partial charge in [0, 0.05) is 36.9 Å². The van der Waals surface area contributed by atoms with Crippen LogP contribution in [0, 0.1) is 0 Å². The van der Waals surface area contributed by atoms with Crippen LogP contribution in [0.5, 0.6) is 0 Å². The Kier molecular flexibility index (Phi) is 7.61. The van der Waals surface area contributed by atoms with Crippen LogP contribution in [0.15, 0.2) is 206 Å². The summed E-state index contributed by atoms with van der Waals surface area (Å²) in [5.74, 6) is 0.707. The monoisotopic (exact) mass is 730 g/mol. The molecule has 0 bridgehead atoms. The molecule has 0 atom stereocenters. The molecular weight excluding hydrogens is 697 g/mol. The molecule has 1 aliphatic rings. The summed E-state index contributed by atoms with van der Waals surface area (Å²) in [6.07, 6.45) is 0. The number of hydrogen-bond acceptors (Lipinski definition) is 3. The Bertz CT molecular complexity index is 3020. The summed E-state index contributed by atoms with van der Waals surface area (Å²) in [5, 5.41) is 2.62. The van der Waals surface area contributed by atoms with Gasteiger partial charge in [-0.1, -0.05) is 182 Å². The van der Waals surface area contributed by atoms with E-state index < -0.39 is 5.41 Å². The summed E-state index contributed by atoms with van der Waals surface area (Å²) in [6, 6.07) is 74.4. The van der Waals surface area contributed by atoms with Gasteiger partial charge in [0.05, 0.1) is 16.8 Å². The number of hydrogen-bond donors (Lipinski definition) is 0. The first-order valence-electron chi connectivity index (χ1n) is 19.1. The van der Waals surface area contributed by atoms with Crippen molar-refractivity contribution in [2.45, 2.75) is 5.41 Å². The second kappa shape index (κ2) is 13.1. The van der Waals surface area contributed by atoms with Crippen LogP contribution in [0.4, 0.5) is 0 Å². The molecule has 10 aromatic rings. The average molecular weight is 731 g/mol. The van der Waals surface area contributed by atoms with Crippen molar-refractivity contribution in [2.75, 3.05) is 0 Å². The van der Waals surface area contributed by atoms with Crippen LogP contribution in [0.1, 0.15) is 22.3 Å². The summed E-state index contributed by atoms with van der Waals surface area (Å²) in [4.78, 5) is 10.6. The summed E-state index contributed by atoms with van der Waals surface area (Å²) in [7, 11) is 0. The van der Waals surface area contributed by atoms with Crippen molar-refractivity contribution in [3.05, 3.63) is 229 Å². The van der Waals surface area contributed by atoms with Gasteiger partial charge in [-0.3, -0.25) is 0 Å². The van der Waals surface area contributed by atoms with E-state index in [1.54, 1.807) is 0 Å². The van der Waals surface area contributed by atoms with Crippen molar-refractivity contribution < 1.29 is 0 Å². The van der Waals surface area contributed by atoms with Gasteiger partial charge in [0.1, 0.15) is 0 Å². The minimum absolute atomic E-state index is 0.489. The first-order valence-corrected chi connectivity index (χ1v) is 19.9. The third-order valence-electron chi connectivity index (χ3n) is 11.4. The van der Waals surface area contributed by atoms with Crippen LogP contribution in [0.2, 0.25) is 0 Å². The lowest BCUT2D eigenvalue weighted by atomic mass is 9.67. The van der Waals surface area contributed by atoms with Crippen molar-refractivity contribution in [1.29, 1.82) is 0 Å². The van der Waals surface area contributed by atoms with Crippen LogP contribution in [0.3, 0.4) is 0 Å². The van der Waals surface area contributed by atoms with E-state index in [-0.39, 0.29) is 0 Å². The van der Waals surface area contributed by atoms with E-state index in [1.165, 1.54) is 64.7 Å². The molecule has 0 spiro atoms. The number of rotatable bonds is 6. The van der Waals surface area contributed by atoms with Gasteiger partial charge < -0.3 is 0 Å². The molecule has 56 heavy (non-hydrogen) atoms. The van der Waals surface area contributed by atoms with Crippen molar-refractivity contribution in [2.24, 2.45) is 0 Å². The molecule has 2 heterocycles. The van der Waals surface area contributed by atoms with Crippen LogP contribution in [-0.4, -0.2) is 9.97 Å². The van der Waals surface area contributed by atoms with Gasteiger partial charge in [-0.15, -0.1) is 11.3 Å². The maximum atomic E-state index is 5.35. The predicted molar refractivity (Wildman–Crippen MR) is 234 cm³/mol. The molecule has 262 valence electrons. The van der Waals surface area contributed by atoms with Crippen molar-refractivity contribution >= 4 is 31.5 Å². The number of nitrogens with zero attached hydrogens (tertiary/aromatic N) is 2. The van der Waals surface area contributed by atoms with Crippen molar-refractivity contribution in [1.82, 2.24) is 9.97 Å². The molecule has 0 radical (unpaired) electrons. The Morgan fingerprint density at radius 3 is 1.70 bits per heavy atom. The first kappa shape index (κ1) is 32.5. The van der Waals surface area contributed by atoms with Gasteiger partial charge in [0.2, 0.25) is 0 Å². The molecule has 0 saturated heterocycles. The summed E-state index contributed by atoms with van der Waals surface area (Å²) in [6.45, 7) is 0. The molecule has 0 amide bonds. The van der Waals surface area contributed by atoms with Crippen LogP contribution >= 0.6 is 11.3 Å². The van der Waals surface area contributed by atoms with Crippen LogP contribution in [0.25, 0.3) is 76.3 Å². The maximum absolute atomic E-state index is 5.35.